The van der Waals surface area contributed by atoms with Gasteiger partial charge in [0.2, 0.25) is 6.79 Å². The van der Waals surface area contributed by atoms with Crippen molar-refractivity contribution < 1.29 is 14.3 Å². The van der Waals surface area contributed by atoms with Crippen LogP contribution in [-0.4, -0.2) is 21.9 Å². The van der Waals surface area contributed by atoms with E-state index in [-0.39, 0.29) is 12.7 Å². The van der Waals surface area contributed by atoms with Crippen LogP contribution in [0.5, 0.6) is 11.5 Å². The average Bonchev–Trinajstić information content (AvgIpc) is 3.15. The molecule has 0 spiro atoms. The van der Waals surface area contributed by atoms with Crippen LogP contribution in [0.25, 0.3) is 6.08 Å². The van der Waals surface area contributed by atoms with Crippen molar-refractivity contribution in [1.29, 1.82) is 0 Å². The fourth-order valence-electron chi connectivity index (χ4n) is 2.61. The van der Waals surface area contributed by atoms with Crippen LogP contribution in [0.2, 0.25) is 5.02 Å². The number of carbonyl (C=O) groups excluding carboxylic acids is 1. The fourth-order valence-corrected chi connectivity index (χ4v) is 4.06. The van der Waals surface area contributed by atoms with Gasteiger partial charge in [-0.2, -0.15) is 0 Å². The number of thioether (sulfide) groups is 1. The highest BCUT2D eigenvalue weighted by Crippen LogP contribution is 2.36. The quantitative estimate of drug-likeness (QED) is 0.572. The first kappa shape index (κ1) is 16.4. The van der Waals surface area contributed by atoms with Crippen LogP contribution < -0.4 is 9.47 Å². The lowest BCUT2D eigenvalue weighted by molar-refractivity contribution is -0.122. The average molecular weight is 390 g/mol. The minimum atomic E-state index is -0.104. The minimum Gasteiger partial charge on any atom is -0.454 e. The molecule has 0 bridgehead atoms. The van der Waals surface area contributed by atoms with E-state index in [4.69, 9.17) is 33.3 Å². The van der Waals surface area contributed by atoms with Gasteiger partial charge in [-0.1, -0.05) is 53.8 Å². The van der Waals surface area contributed by atoms with Crippen molar-refractivity contribution in [3.63, 3.8) is 0 Å². The van der Waals surface area contributed by atoms with Gasteiger partial charge in [0, 0.05) is 5.02 Å². The highest BCUT2D eigenvalue weighted by atomic mass is 35.5. The van der Waals surface area contributed by atoms with Crippen LogP contribution >= 0.6 is 35.6 Å². The van der Waals surface area contributed by atoms with E-state index in [1.54, 1.807) is 11.0 Å². The predicted octanol–water partition coefficient (Wildman–Crippen LogP) is 4.47. The fraction of sp³-hybridized carbons (Fsp3) is 0.111. The Labute approximate surface area is 159 Å². The van der Waals surface area contributed by atoms with Gasteiger partial charge in [-0.25, -0.2) is 0 Å². The summed E-state index contributed by atoms with van der Waals surface area (Å²) in [6, 6.07) is 13.0. The van der Waals surface area contributed by atoms with Crippen molar-refractivity contribution in [2.45, 2.75) is 6.54 Å². The summed E-state index contributed by atoms with van der Waals surface area (Å²) in [7, 11) is 0. The molecule has 7 heteroatoms. The van der Waals surface area contributed by atoms with Gasteiger partial charge in [0.05, 0.1) is 11.4 Å². The van der Waals surface area contributed by atoms with Gasteiger partial charge in [0.25, 0.3) is 5.91 Å². The van der Waals surface area contributed by atoms with E-state index in [2.05, 4.69) is 0 Å². The van der Waals surface area contributed by atoms with E-state index in [9.17, 15) is 4.79 Å². The minimum absolute atomic E-state index is 0.104. The molecule has 126 valence electrons. The Hall–Kier alpha value is -2.02. The molecule has 2 aromatic carbocycles. The second-order valence-electron chi connectivity index (χ2n) is 5.51. The Balaban J connectivity index is 1.55. The van der Waals surface area contributed by atoms with Gasteiger partial charge >= 0.3 is 0 Å². The molecular formula is C18H12ClNO3S2. The molecule has 1 saturated heterocycles. The molecule has 0 saturated carbocycles. The van der Waals surface area contributed by atoms with Crippen molar-refractivity contribution in [2.24, 2.45) is 0 Å². The van der Waals surface area contributed by atoms with E-state index in [0.29, 0.717) is 26.5 Å². The molecule has 2 aromatic rings. The summed E-state index contributed by atoms with van der Waals surface area (Å²) in [5, 5.41) is 0.629. The maximum Gasteiger partial charge on any atom is 0.266 e. The van der Waals surface area contributed by atoms with Gasteiger partial charge in [-0.15, -0.1) is 0 Å². The molecule has 4 nitrogen and oxygen atoms in total. The number of rotatable bonds is 3. The molecule has 0 N–H and O–H groups in total. The third-order valence-electron chi connectivity index (χ3n) is 3.80. The largest absolute Gasteiger partial charge is 0.454 e. The second kappa shape index (κ2) is 6.71. The SMILES string of the molecule is O=C1C(=Cc2cccc(Cl)c2)SC(=S)N1Cc1ccc2c(c1)OCO2. The molecule has 0 unspecified atom stereocenters. The van der Waals surface area contributed by atoms with Crippen LogP contribution in [0.1, 0.15) is 11.1 Å². The summed E-state index contributed by atoms with van der Waals surface area (Å²) < 4.78 is 11.2. The number of nitrogens with zero attached hydrogens (tertiary/aromatic N) is 1. The van der Waals surface area contributed by atoms with Gasteiger partial charge in [-0.05, 0) is 41.5 Å². The van der Waals surface area contributed by atoms with Crippen molar-refractivity contribution >= 4 is 51.9 Å². The Morgan fingerprint density at radius 2 is 2.04 bits per heavy atom. The van der Waals surface area contributed by atoms with E-state index < -0.39 is 0 Å². The van der Waals surface area contributed by atoms with Crippen molar-refractivity contribution in [3.8, 4) is 11.5 Å². The molecule has 1 fully saturated rings. The molecule has 2 aliphatic rings. The normalized spacial score (nSPS) is 17.6. The Morgan fingerprint density at radius 1 is 1.20 bits per heavy atom. The molecule has 1 amide bonds. The lowest BCUT2D eigenvalue weighted by atomic mass is 10.2. The number of ether oxygens (including phenoxy) is 2. The first-order valence-electron chi connectivity index (χ1n) is 7.49. The number of thiocarbonyl (C=S) groups is 1. The third kappa shape index (κ3) is 3.38. The van der Waals surface area contributed by atoms with Gasteiger partial charge in [-0.3, -0.25) is 9.69 Å². The molecule has 2 aliphatic heterocycles. The van der Waals surface area contributed by atoms with Crippen molar-refractivity contribution in [3.05, 3.63) is 63.5 Å². The second-order valence-corrected chi connectivity index (χ2v) is 7.62. The number of amides is 1. The Kier molecular flexibility index (Phi) is 4.41. The molecule has 4 rings (SSSR count). The molecule has 0 atom stereocenters. The van der Waals surface area contributed by atoms with Crippen molar-refractivity contribution in [2.75, 3.05) is 6.79 Å². The number of carbonyl (C=O) groups is 1. The summed E-state index contributed by atoms with van der Waals surface area (Å²) in [5.41, 5.74) is 1.81. The maximum absolute atomic E-state index is 12.7. The van der Waals surface area contributed by atoms with Crippen LogP contribution in [0.4, 0.5) is 0 Å². The summed E-state index contributed by atoms with van der Waals surface area (Å²) in [4.78, 5) is 14.9. The zero-order chi connectivity index (χ0) is 17.4. The molecule has 25 heavy (non-hydrogen) atoms. The van der Waals surface area contributed by atoms with E-state index >= 15 is 0 Å². The summed E-state index contributed by atoms with van der Waals surface area (Å²) >= 11 is 12.7. The maximum atomic E-state index is 12.7. The van der Waals surface area contributed by atoms with Gasteiger partial charge in [0.15, 0.2) is 11.5 Å². The summed E-state index contributed by atoms with van der Waals surface area (Å²) in [5.74, 6) is 1.31. The first-order valence-corrected chi connectivity index (χ1v) is 9.10. The highest BCUT2D eigenvalue weighted by molar-refractivity contribution is 8.26. The summed E-state index contributed by atoms with van der Waals surface area (Å²) in [6.45, 7) is 0.621. The predicted molar refractivity (Wildman–Crippen MR) is 103 cm³/mol. The van der Waals surface area contributed by atoms with Crippen LogP contribution in [0.15, 0.2) is 47.4 Å². The topological polar surface area (TPSA) is 38.8 Å². The molecule has 0 aromatic heterocycles. The number of hydrogen-bond acceptors (Lipinski definition) is 5. The van der Waals surface area contributed by atoms with Crippen LogP contribution in [0, 0.1) is 0 Å². The lowest BCUT2D eigenvalue weighted by Gasteiger charge is -2.14. The molecule has 2 heterocycles. The summed E-state index contributed by atoms with van der Waals surface area (Å²) in [6.07, 6.45) is 1.81. The lowest BCUT2D eigenvalue weighted by Crippen LogP contribution is -2.27. The first-order chi connectivity index (χ1) is 12.1. The highest BCUT2D eigenvalue weighted by Gasteiger charge is 2.32. The number of benzene rings is 2. The van der Waals surface area contributed by atoms with Crippen LogP contribution in [0.3, 0.4) is 0 Å². The van der Waals surface area contributed by atoms with Gasteiger partial charge in [0.1, 0.15) is 4.32 Å². The standard InChI is InChI=1S/C18H12ClNO3S2/c19-13-3-1-2-11(6-13)8-16-17(21)20(18(24)25-16)9-12-4-5-14-15(7-12)23-10-22-14/h1-8H,9-10H2. The smallest absolute Gasteiger partial charge is 0.266 e. The van der Waals surface area contributed by atoms with E-state index in [0.717, 1.165) is 16.9 Å². The third-order valence-corrected chi connectivity index (χ3v) is 5.41. The Bertz CT molecular complexity index is 913. The molecule has 0 radical (unpaired) electrons. The van der Waals surface area contributed by atoms with Gasteiger partial charge < -0.3 is 9.47 Å². The van der Waals surface area contributed by atoms with E-state index in [1.165, 1.54) is 11.8 Å². The molecule has 0 aliphatic carbocycles. The zero-order valence-electron chi connectivity index (χ0n) is 12.9. The Morgan fingerprint density at radius 3 is 2.88 bits per heavy atom. The van der Waals surface area contributed by atoms with E-state index in [1.807, 2.05) is 42.5 Å². The molecular weight excluding hydrogens is 378 g/mol. The number of hydrogen-bond donors (Lipinski definition) is 0. The zero-order valence-corrected chi connectivity index (χ0v) is 15.3. The van der Waals surface area contributed by atoms with Crippen molar-refractivity contribution in [1.82, 2.24) is 4.90 Å². The van der Waals surface area contributed by atoms with Crippen LogP contribution in [-0.2, 0) is 11.3 Å². The monoisotopic (exact) mass is 389 g/mol. The number of fused-ring (bicyclic) bond motifs is 1. The number of halogens is 1.